The number of rotatable bonds is 5. The molecule has 0 bridgehead atoms. The maximum absolute atomic E-state index is 13.0. The van der Waals surface area contributed by atoms with Crippen LogP contribution in [0.4, 0.5) is 0 Å². The van der Waals surface area contributed by atoms with Gasteiger partial charge in [-0.1, -0.05) is 30.2 Å². The average Bonchev–Trinajstić information content (AvgIpc) is 2.79. The van der Waals surface area contributed by atoms with Crippen LogP contribution in [0.2, 0.25) is 5.02 Å². The molecule has 32 heavy (non-hydrogen) atoms. The molecule has 0 radical (unpaired) electrons. The summed E-state index contributed by atoms with van der Waals surface area (Å²) in [5, 5.41) is 0.494. The monoisotopic (exact) mass is 475 g/mol. The molecule has 1 aliphatic rings. The number of aromatic nitrogens is 2. The fraction of sp³-hybridized carbons (Fsp3) is 0.318. The Kier molecular flexibility index (Phi) is 6.32. The number of para-hydroxylation sites is 1. The number of fused-ring (bicyclic) bond motifs is 1. The molecule has 1 aliphatic heterocycles. The Balaban J connectivity index is 1.59. The van der Waals surface area contributed by atoms with Crippen molar-refractivity contribution in [3.8, 4) is 0 Å². The van der Waals surface area contributed by atoms with Gasteiger partial charge in [0.15, 0.2) is 11.9 Å². The van der Waals surface area contributed by atoms with Gasteiger partial charge in [-0.2, -0.15) is 4.31 Å². The van der Waals surface area contributed by atoms with E-state index in [9.17, 15) is 18.0 Å². The summed E-state index contributed by atoms with van der Waals surface area (Å²) in [6, 6.07) is 10.8. The molecule has 3 aromatic rings. The lowest BCUT2D eigenvalue weighted by Gasteiger charge is -2.26. The zero-order chi connectivity index (χ0) is 22.9. The Hall–Kier alpha value is -2.75. The number of aromatic amines is 1. The number of esters is 1. The molecule has 1 saturated heterocycles. The molecule has 0 spiro atoms. The van der Waals surface area contributed by atoms with Crippen molar-refractivity contribution in [3.05, 3.63) is 69.2 Å². The maximum atomic E-state index is 13.0. The highest BCUT2D eigenvalue weighted by atomic mass is 35.5. The number of carbonyl (C=O) groups is 1. The highest BCUT2D eigenvalue weighted by Crippen LogP contribution is 2.27. The number of sulfonamides is 1. The third-order valence-electron chi connectivity index (χ3n) is 5.41. The minimum absolute atomic E-state index is 0.0133. The standard InChI is InChI=1S/C22H22ClN3O5S/c1-14(20-24-19-8-4-3-7-16(19)21(27)25-20)31-22(28)17-13-15(9-10-18(17)23)32(29,30)26-11-5-2-6-12-26/h3-4,7-10,13-14H,2,5-6,11-12H2,1H3,(H,24,25,27)/t14-/m1/s1. The first-order valence-corrected chi connectivity index (χ1v) is 12.1. The molecular weight excluding hydrogens is 454 g/mol. The van der Waals surface area contributed by atoms with E-state index in [4.69, 9.17) is 16.3 Å². The van der Waals surface area contributed by atoms with E-state index in [0.717, 1.165) is 19.3 Å². The minimum Gasteiger partial charge on any atom is -0.451 e. The van der Waals surface area contributed by atoms with Gasteiger partial charge in [-0.3, -0.25) is 4.79 Å². The predicted octanol–water partition coefficient (Wildman–Crippen LogP) is 3.67. The van der Waals surface area contributed by atoms with Crippen LogP contribution in [0.3, 0.4) is 0 Å². The first-order chi connectivity index (χ1) is 15.3. The van der Waals surface area contributed by atoms with Gasteiger partial charge in [-0.15, -0.1) is 0 Å². The van der Waals surface area contributed by atoms with E-state index in [0.29, 0.717) is 24.0 Å². The van der Waals surface area contributed by atoms with Crippen LogP contribution in [0.25, 0.3) is 10.9 Å². The van der Waals surface area contributed by atoms with Crippen molar-refractivity contribution < 1.29 is 17.9 Å². The molecule has 2 heterocycles. The highest BCUT2D eigenvalue weighted by Gasteiger charge is 2.28. The van der Waals surface area contributed by atoms with E-state index in [1.165, 1.54) is 22.5 Å². The van der Waals surface area contributed by atoms with Crippen LogP contribution in [0.5, 0.6) is 0 Å². The van der Waals surface area contributed by atoms with Gasteiger partial charge >= 0.3 is 5.97 Å². The molecule has 0 unspecified atom stereocenters. The van der Waals surface area contributed by atoms with E-state index < -0.39 is 22.1 Å². The highest BCUT2D eigenvalue weighted by molar-refractivity contribution is 7.89. The normalized spacial score (nSPS) is 16.1. The number of nitrogens with one attached hydrogen (secondary N) is 1. The van der Waals surface area contributed by atoms with Crippen LogP contribution in [0.15, 0.2) is 52.2 Å². The molecule has 4 rings (SSSR count). The fourth-order valence-electron chi connectivity index (χ4n) is 3.65. The summed E-state index contributed by atoms with van der Waals surface area (Å²) in [6.07, 6.45) is 1.71. The fourth-order valence-corrected chi connectivity index (χ4v) is 5.39. The Morgan fingerprint density at radius 1 is 1.16 bits per heavy atom. The number of H-pyrrole nitrogens is 1. The molecule has 0 amide bonds. The lowest BCUT2D eigenvalue weighted by molar-refractivity contribution is 0.0320. The number of piperidine rings is 1. The van der Waals surface area contributed by atoms with Crippen molar-refractivity contribution in [2.75, 3.05) is 13.1 Å². The molecule has 8 nitrogen and oxygen atoms in total. The van der Waals surface area contributed by atoms with Gasteiger partial charge in [0.25, 0.3) is 5.56 Å². The molecule has 0 aliphatic carbocycles. The first-order valence-electron chi connectivity index (χ1n) is 10.3. The van der Waals surface area contributed by atoms with E-state index in [2.05, 4.69) is 9.97 Å². The molecule has 1 N–H and O–H groups in total. The molecular formula is C22H22ClN3O5S. The van der Waals surface area contributed by atoms with Gasteiger partial charge in [0.2, 0.25) is 10.0 Å². The van der Waals surface area contributed by atoms with Gasteiger partial charge < -0.3 is 9.72 Å². The Morgan fingerprint density at radius 3 is 2.62 bits per heavy atom. The third-order valence-corrected chi connectivity index (χ3v) is 7.63. The molecule has 1 aromatic heterocycles. The van der Waals surface area contributed by atoms with Crippen LogP contribution in [0, 0.1) is 0 Å². The zero-order valence-corrected chi connectivity index (χ0v) is 18.9. The maximum Gasteiger partial charge on any atom is 0.340 e. The van der Waals surface area contributed by atoms with Gasteiger partial charge in [0.05, 0.1) is 26.4 Å². The smallest absolute Gasteiger partial charge is 0.340 e. The summed E-state index contributed by atoms with van der Waals surface area (Å²) in [5.74, 6) is -0.635. The van der Waals surface area contributed by atoms with Crippen molar-refractivity contribution in [3.63, 3.8) is 0 Å². The van der Waals surface area contributed by atoms with Crippen molar-refractivity contribution >= 4 is 38.5 Å². The summed E-state index contributed by atoms with van der Waals surface area (Å²) < 4.78 is 32.8. The van der Waals surface area contributed by atoms with Crippen molar-refractivity contribution in [2.24, 2.45) is 0 Å². The number of halogens is 1. The topological polar surface area (TPSA) is 109 Å². The van der Waals surface area contributed by atoms with Gasteiger partial charge in [0, 0.05) is 13.1 Å². The van der Waals surface area contributed by atoms with Gasteiger partial charge in [-0.25, -0.2) is 18.2 Å². The molecule has 1 fully saturated rings. The first kappa shape index (κ1) is 22.4. The number of nitrogens with zero attached hydrogens (tertiary/aromatic N) is 2. The van der Waals surface area contributed by atoms with Crippen LogP contribution in [-0.2, 0) is 14.8 Å². The van der Waals surface area contributed by atoms with E-state index in [1.54, 1.807) is 31.2 Å². The molecule has 168 valence electrons. The Morgan fingerprint density at radius 2 is 1.88 bits per heavy atom. The quantitative estimate of drug-likeness (QED) is 0.564. The molecule has 0 saturated carbocycles. The molecule has 10 heteroatoms. The van der Waals surface area contributed by atoms with E-state index in [-0.39, 0.29) is 26.9 Å². The number of ether oxygens (including phenoxy) is 1. The van der Waals surface area contributed by atoms with Gasteiger partial charge in [0.1, 0.15) is 0 Å². The number of carbonyl (C=O) groups excluding carboxylic acids is 1. The third kappa shape index (κ3) is 4.41. The lowest BCUT2D eigenvalue weighted by atomic mass is 10.2. The number of hydrogen-bond acceptors (Lipinski definition) is 6. The summed E-state index contributed by atoms with van der Waals surface area (Å²) >= 11 is 6.18. The Labute approximate surface area is 190 Å². The van der Waals surface area contributed by atoms with E-state index in [1.807, 2.05) is 0 Å². The summed E-state index contributed by atoms with van der Waals surface area (Å²) in [5.41, 5.74) is 0.0581. The summed E-state index contributed by atoms with van der Waals surface area (Å²) in [7, 11) is -3.74. The minimum atomic E-state index is -3.74. The number of hydrogen-bond donors (Lipinski definition) is 1. The van der Waals surface area contributed by atoms with Crippen LogP contribution >= 0.6 is 11.6 Å². The van der Waals surface area contributed by atoms with Crippen LogP contribution in [0.1, 0.15) is 48.5 Å². The predicted molar refractivity (Wildman–Crippen MR) is 120 cm³/mol. The lowest BCUT2D eigenvalue weighted by Crippen LogP contribution is -2.35. The SMILES string of the molecule is C[C@@H](OC(=O)c1cc(S(=O)(=O)N2CCCCC2)ccc1Cl)c1nc2ccccc2c(=O)[nH]1. The second-order valence-corrected chi connectivity index (χ2v) is 9.97. The molecule has 2 aromatic carbocycles. The molecule has 1 atom stereocenters. The largest absolute Gasteiger partial charge is 0.451 e. The van der Waals surface area contributed by atoms with Crippen molar-refractivity contribution in [1.29, 1.82) is 0 Å². The summed E-state index contributed by atoms with van der Waals surface area (Å²) in [6.45, 7) is 2.46. The Bertz CT molecular complexity index is 1330. The van der Waals surface area contributed by atoms with Crippen LogP contribution < -0.4 is 5.56 Å². The summed E-state index contributed by atoms with van der Waals surface area (Å²) in [4.78, 5) is 32.1. The second-order valence-electron chi connectivity index (χ2n) is 7.62. The zero-order valence-electron chi connectivity index (χ0n) is 17.4. The van der Waals surface area contributed by atoms with Crippen molar-refractivity contribution in [2.45, 2.75) is 37.2 Å². The second kappa shape index (κ2) is 9.01. The van der Waals surface area contributed by atoms with Crippen LogP contribution in [-0.4, -0.2) is 41.7 Å². The van der Waals surface area contributed by atoms with Gasteiger partial charge in [-0.05, 0) is 50.1 Å². The number of benzene rings is 2. The van der Waals surface area contributed by atoms with E-state index >= 15 is 0 Å². The average molecular weight is 476 g/mol. The van der Waals surface area contributed by atoms with Crippen molar-refractivity contribution in [1.82, 2.24) is 14.3 Å².